The summed E-state index contributed by atoms with van der Waals surface area (Å²) in [4.78, 5) is 25.4. The molecule has 3 aromatic rings. The Balaban J connectivity index is 1.44. The van der Waals surface area contributed by atoms with E-state index >= 15 is 0 Å². The highest BCUT2D eigenvalue weighted by atomic mass is 32.2. The molecule has 7 nitrogen and oxygen atoms in total. The van der Waals surface area contributed by atoms with Crippen LogP contribution in [0.2, 0.25) is 0 Å². The first-order chi connectivity index (χ1) is 15.2. The third kappa shape index (κ3) is 4.33. The molecule has 170 valence electrons. The van der Waals surface area contributed by atoms with Gasteiger partial charge >= 0.3 is 0 Å². The molecule has 1 fully saturated rings. The Morgan fingerprint density at radius 3 is 2.75 bits per heavy atom. The number of thiazole rings is 1. The van der Waals surface area contributed by atoms with E-state index in [0.717, 1.165) is 5.56 Å². The van der Waals surface area contributed by atoms with Crippen LogP contribution in [0.1, 0.15) is 25.8 Å². The van der Waals surface area contributed by atoms with Gasteiger partial charge in [0.15, 0.2) is 9.84 Å². The maximum Gasteiger partial charge on any atom is 0.223 e. The fourth-order valence-corrected chi connectivity index (χ4v) is 6.74. The standard InChI is InChI=1S/C22H25FN4O3S2/c1-14-9-17(23)10-24-22(14)27-12-15(2)26(11-16(27)3)20(28)7-8-32(29,30)19-6-4-5-18-21(19)31-13-25-18/h4-6,9-10,13,15-16H,7-8,11-12H2,1-3H3/t15?,16-/m1/s1. The molecule has 0 saturated carbocycles. The van der Waals surface area contributed by atoms with Gasteiger partial charge in [-0.25, -0.2) is 22.8 Å². The maximum absolute atomic E-state index is 13.4. The van der Waals surface area contributed by atoms with Gasteiger partial charge < -0.3 is 9.80 Å². The molecule has 2 atom stereocenters. The lowest BCUT2D eigenvalue weighted by Crippen LogP contribution is -2.58. The summed E-state index contributed by atoms with van der Waals surface area (Å²) in [5, 5.41) is 0. The van der Waals surface area contributed by atoms with Crippen LogP contribution in [0.25, 0.3) is 10.2 Å². The van der Waals surface area contributed by atoms with Crippen LogP contribution in [-0.4, -0.2) is 60.1 Å². The molecule has 1 aliphatic heterocycles. The predicted octanol–water partition coefficient (Wildman–Crippen LogP) is 3.43. The Bertz CT molecular complexity index is 1260. The lowest BCUT2D eigenvalue weighted by atomic mass is 10.1. The quantitative estimate of drug-likeness (QED) is 0.561. The highest BCUT2D eigenvalue weighted by Crippen LogP contribution is 2.28. The number of anilines is 1. The number of aryl methyl sites for hydroxylation is 1. The number of carbonyl (C=O) groups is 1. The molecule has 1 saturated heterocycles. The minimum Gasteiger partial charge on any atom is -0.350 e. The summed E-state index contributed by atoms with van der Waals surface area (Å²) < 4.78 is 39.9. The second-order valence-electron chi connectivity index (χ2n) is 8.22. The van der Waals surface area contributed by atoms with Crippen molar-refractivity contribution >= 4 is 43.1 Å². The Labute approximate surface area is 190 Å². The van der Waals surface area contributed by atoms with Gasteiger partial charge in [-0.05, 0) is 44.5 Å². The predicted molar refractivity (Wildman–Crippen MR) is 123 cm³/mol. The number of carbonyl (C=O) groups excluding carboxylic acids is 1. The van der Waals surface area contributed by atoms with Crippen molar-refractivity contribution in [3.8, 4) is 0 Å². The highest BCUT2D eigenvalue weighted by Gasteiger charge is 2.33. The molecule has 0 radical (unpaired) electrons. The van der Waals surface area contributed by atoms with E-state index in [-0.39, 0.29) is 40.9 Å². The number of rotatable bonds is 5. The largest absolute Gasteiger partial charge is 0.350 e. The van der Waals surface area contributed by atoms with Crippen LogP contribution in [0.5, 0.6) is 0 Å². The summed E-state index contributed by atoms with van der Waals surface area (Å²) in [6.45, 7) is 6.72. The van der Waals surface area contributed by atoms with Gasteiger partial charge in [0.1, 0.15) is 11.6 Å². The average Bonchev–Trinajstić information content (AvgIpc) is 3.22. The van der Waals surface area contributed by atoms with Crippen LogP contribution in [0.4, 0.5) is 10.2 Å². The zero-order valence-electron chi connectivity index (χ0n) is 18.2. The van der Waals surface area contributed by atoms with E-state index in [1.54, 1.807) is 28.6 Å². The molecule has 1 aliphatic rings. The Kier molecular flexibility index (Phi) is 6.17. The zero-order chi connectivity index (χ0) is 23.0. The van der Waals surface area contributed by atoms with Crippen molar-refractivity contribution in [2.75, 3.05) is 23.7 Å². The van der Waals surface area contributed by atoms with Crippen molar-refractivity contribution in [3.63, 3.8) is 0 Å². The van der Waals surface area contributed by atoms with Crippen molar-refractivity contribution in [1.29, 1.82) is 0 Å². The van der Waals surface area contributed by atoms with Crippen LogP contribution in [0.15, 0.2) is 40.9 Å². The van der Waals surface area contributed by atoms with Gasteiger partial charge in [-0.3, -0.25) is 4.79 Å². The molecule has 1 amide bonds. The SMILES string of the molecule is Cc1cc(F)cnc1N1CC(C)N(C(=O)CCS(=O)(=O)c2cccc3ncsc23)C[C@H]1C. The minimum atomic E-state index is -3.62. The number of fused-ring (bicyclic) bond motifs is 1. The monoisotopic (exact) mass is 476 g/mol. The van der Waals surface area contributed by atoms with Gasteiger partial charge in [-0.2, -0.15) is 0 Å². The molecule has 0 spiro atoms. The van der Waals surface area contributed by atoms with Gasteiger partial charge in [0, 0.05) is 31.6 Å². The topological polar surface area (TPSA) is 83.5 Å². The van der Waals surface area contributed by atoms with E-state index < -0.39 is 9.84 Å². The van der Waals surface area contributed by atoms with Crippen molar-refractivity contribution < 1.29 is 17.6 Å². The molecule has 2 aromatic heterocycles. The molecule has 4 rings (SSSR count). The summed E-state index contributed by atoms with van der Waals surface area (Å²) in [5.74, 6) is -0.107. The summed E-state index contributed by atoms with van der Waals surface area (Å²) in [5.41, 5.74) is 3.01. The molecule has 1 aromatic carbocycles. The van der Waals surface area contributed by atoms with E-state index in [2.05, 4.69) is 14.9 Å². The summed E-state index contributed by atoms with van der Waals surface area (Å²) in [6, 6.07) is 6.31. The van der Waals surface area contributed by atoms with Crippen LogP contribution < -0.4 is 4.90 Å². The smallest absolute Gasteiger partial charge is 0.223 e. The van der Waals surface area contributed by atoms with Crippen molar-refractivity contribution in [3.05, 3.63) is 47.4 Å². The molecule has 0 aliphatic carbocycles. The molecule has 0 N–H and O–H groups in total. The van der Waals surface area contributed by atoms with Crippen LogP contribution in [0, 0.1) is 12.7 Å². The fraction of sp³-hybridized carbons (Fsp3) is 0.409. The zero-order valence-corrected chi connectivity index (χ0v) is 19.8. The molecule has 10 heteroatoms. The summed E-state index contributed by atoms with van der Waals surface area (Å²) in [7, 11) is -3.62. The number of amides is 1. The Hall–Kier alpha value is -2.59. The molecule has 32 heavy (non-hydrogen) atoms. The van der Waals surface area contributed by atoms with Crippen LogP contribution in [-0.2, 0) is 14.6 Å². The normalized spacial score (nSPS) is 19.5. The number of hydrogen-bond donors (Lipinski definition) is 0. The number of halogens is 1. The fourth-order valence-electron chi connectivity index (χ4n) is 4.18. The molecule has 0 bridgehead atoms. The van der Waals surface area contributed by atoms with Crippen molar-refractivity contribution in [1.82, 2.24) is 14.9 Å². The lowest BCUT2D eigenvalue weighted by molar-refractivity contribution is -0.133. The molecule has 3 heterocycles. The number of hydrogen-bond acceptors (Lipinski definition) is 7. The van der Waals surface area contributed by atoms with Crippen molar-refractivity contribution in [2.24, 2.45) is 0 Å². The number of nitrogens with zero attached hydrogens (tertiary/aromatic N) is 4. The number of pyridine rings is 1. The second kappa shape index (κ2) is 8.74. The van der Waals surface area contributed by atoms with E-state index in [4.69, 9.17) is 0 Å². The highest BCUT2D eigenvalue weighted by molar-refractivity contribution is 7.91. The second-order valence-corrected chi connectivity index (χ2v) is 11.1. The summed E-state index contributed by atoms with van der Waals surface area (Å²) >= 11 is 1.28. The number of sulfone groups is 1. The van der Waals surface area contributed by atoms with E-state index in [0.29, 0.717) is 29.1 Å². The van der Waals surface area contributed by atoms with E-state index in [1.165, 1.54) is 23.6 Å². The maximum atomic E-state index is 13.4. The summed E-state index contributed by atoms with van der Waals surface area (Å²) in [6.07, 6.45) is 1.12. The first-order valence-electron chi connectivity index (χ1n) is 10.4. The lowest BCUT2D eigenvalue weighted by Gasteiger charge is -2.45. The Morgan fingerprint density at radius 1 is 1.22 bits per heavy atom. The van der Waals surface area contributed by atoms with Crippen LogP contribution >= 0.6 is 11.3 Å². The minimum absolute atomic E-state index is 0.0330. The number of aromatic nitrogens is 2. The molecular formula is C22H25FN4O3S2. The third-order valence-corrected chi connectivity index (χ3v) is 8.59. The van der Waals surface area contributed by atoms with Gasteiger partial charge in [-0.15, -0.1) is 11.3 Å². The van der Waals surface area contributed by atoms with E-state index in [9.17, 15) is 17.6 Å². The molecule has 1 unspecified atom stereocenters. The molecular weight excluding hydrogens is 451 g/mol. The van der Waals surface area contributed by atoms with Gasteiger partial charge in [0.25, 0.3) is 0 Å². The average molecular weight is 477 g/mol. The van der Waals surface area contributed by atoms with Crippen molar-refractivity contribution in [2.45, 2.75) is 44.2 Å². The first kappa shape index (κ1) is 22.6. The number of benzene rings is 1. The van der Waals surface area contributed by atoms with E-state index in [1.807, 2.05) is 20.8 Å². The van der Waals surface area contributed by atoms with Gasteiger partial charge in [-0.1, -0.05) is 6.07 Å². The Morgan fingerprint density at radius 2 is 2.00 bits per heavy atom. The third-order valence-electron chi connectivity index (χ3n) is 5.84. The van der Waals surface area contributed by atoms with Gasteiger partial charge in [0.2, 0.25) is 5.91 Å². The van der Waals surface area contributed by atoms with Crippen LogP contribution in [0.3, 0.4) is 0 Å². The first-order valence-corrected chi connectivity index (χ1v) is 12.9. The number of piperazine rings is 1. The van der Waals surface area contributed by atoms with Gasteiger partial charge in [0.05, 0.1) is 32.6 Å².